The molecule has 2 nitrogen and oxygen atoms in total. The fourth-order valence-corrected chi connectivity index (χ4v) is 0.693. The number of carbonyl (C=O) groups is 1. The summed E-state index contributed by atoms with van der Waals surface area (Å²) in [7, 11) is 1.62. The second kappa shape index (κ2) is 6.40. The van der Waals surface area contributed by atoms with Crippen molar-refractivity contribution >= 4 is 5.91 Å². The van der Waals surface area contributed by atoms with Gasteiger partial charge in [-0.05, 0) is 12.5 Å². The highest BCUT2D eigenvalue weighted by atomic mass is 16.1. The first-order valence-corrected chi connectivity index (χ1v) is 3.89. The van der Waals surface area contributed by atoms with Gasteiger partial charge in [-0.2, -0.15) is 0 Å². The predicted molar refractivity (Wildman–Crippen MR) is 51.8 cm³/mol. The van der Waals surface area contributed by atoms with Crippen LogP contribution in [0.1, 0.15) is 13.3 Å². The number of nitrogens with one attached hydrogen (secondary N) is 1. The topological polar surface area (TPSA) is 29.1 Å². The van der Waals surface area contributed by atoms with Gasteiger partial charge in [0.2, 0.25) is 5.91 Å². The number of allylic oxidation sites excluding steroid dienone is 4. The van der Waals surface area contributed by atoms with E-state index in [9.17, 15) is 4.79 Å². The Bertz CT molecular complexity index is 214. The van der Waals surface area contributed by atoms with Crippen LogP contribution in [0.25, 0.3) is 0 Å². The van der Waals surface area contributed by atoms with Crippen molar-refractivity contribution < 1.29 is 4.79 Å². The second-order valence-corrected chi connectivity index (χ2v) is 2.32. The maximum Gasteiger partial charge on any atom is 0.224 e. The Hall–Kier alpha value is -1.31. The second-order valence-electron chi connectivity index (χ2n) is 2.32. The minimum absolute atomic E-state index is 0.00523. The third kappa shape index (κ3) is 4.50. The summed E-state index contributed by atoms with van der Waals surface area (Å²) in [6.07, 6.45) is 7.76. The van der Waals surface area contributed by atoms with Gasteiger partial charge in [-0.1, -0.05) is 30.9 Å². The summed E-state index contributed by atoms with van der Waals surface area (Å²) < 4.78 is 0. The molecule has 2 heteroatoms. The minimum Gasteiger partial charge on any atom is -0.359 e. The van der Waals surface area contributed by atoms with Gasteiger partial charge in [0, 0.05) is 7.05 Å². The third-order valence-electron chi connectivity index (χ3n) is 1.41. The van der Waals surface area contributed by atoms with Crippen LogP contribution in [0.15, 0.2) is 36.5 Å². The molecule has 0 saturated heterocycles. The van der Waals surface area contributed by atoms with E-state index < -0.39 is 0 Å². The molecule has 0 fully saturated rings. The molecular weight excluding hydrogens is 150 g/mol. The van der Waals surface area contributed by atoms with E-state index in [1.165, 1.54) is 0 Å². The molecule has 0 heterocycles. The molecule has 66 valence electrons. The van der Waals surface area contributed by atoms with Crippen molar-refractivity contribution in [2.75, 3.05) is 7.05 Å². The molecule has 12 heavy (non-hydrogen) atoms. The van der Waals surface area contributed by atoms with Crippen molar-refractivity contribution in [2.24, 2.45) is 0 Å². The average molecular weight is 165 g/mol. The normalized spacial score (nSPS) is 11.7. The van der Waals surface area contributed by atoms with Gasteiger partial charge in [-0.15, -0.1) is 0 Å². The quantitative estimate of drug-likeness (QED) is 0.632. The van der Waals surface area contributed by atoms with E-state index in [2.05, 4.69) is 11.9 Å². The minimum atomic E-state index is 0.00523. The lowest BCUT2D eigenvalue weighted by atomic mass is 10.1. The molecule has 0 aliphatic carbocycles. The number of hydrogen-bond donors (Lipinski definition) is 1. The predicted octanol–water partition coefficient (Wildman–Crippen LogP) is 1.81. The van der Waals surface area contributed by atoms with E-state index in [0.29, 0.717) is 6.42 Å². The fourth-order valence-electron chi connectivity index (χ4n) is 0.693. The highest BCUT2D eigenvalue weighted by molar-refractivity contribution is 5.78. The third-order valence-corrected chi connectivity index (χ3v) is 1.41. The van der Waals surface area contributed by atoms with Crippen molar-refractivity contribution in [3.05, 3.63) is 36.5 Å². The number of amides is 1. The largest absolute Gasteiger partial charge is 0.359 e. The maximum absolute atomic E-state index is 10.9. The van der Waals surface area contributed by atoms with Gasteiger partial charge in [0.05, 0.1) is 6.42 Å². The van der Waals surface area contributed by atoms with E-state index in [1.807, 2.05) is 25.2 Å². The molecular formula is C10H15NO. The van der Waals surface area contributed by atoms with Crippen LogP contribution in [0.3, 0.4) is 0 Å². The molecule has 0 bridgehead atoms. The first-order valence-electron chi connectivity index (χ1n) is 3.89. The summed E-state index contributed by atoms with van der Waals surface area (Å²) >= 11 is 0. The summed E-state index contributed by atoms with van der Waals surface area (Å²) in [5, 5.41) is 2.55. The van der Waals surface area contributed by atoms with Crippen molar-refractivity contribution in [3.8, 4) is 0 Å². The Kier molecular flexibility index (Phi) is 5.70. The highest BCUT2D eigenvalue weighted by Crippen LogP contribution is 2.02. The Labute approximate surface area is 73.7 Å². The van der Waals surface area contributed by atoms with Gasteiger partial charge in [-0.3, -0.25) is 4.79 Å². The van der Waals surface area contributed by atoms with Gasteiger partial charge in [0.1, 0.15) is 0 Å². The van der Waals surface area contributed by atoms with E-state index in [-0.39, 0.29) is 5.91 Å². The van der Waals surface area contributed by atoms with E-state index in [4.69, 9.17) is 0 Å². The smallest absolute Gasteiger partial charge is 0.224 e. The molecule has 1 amide bonds. The van der Waals surface area contributed by atoms with Crippen molar-refractivity contribution in [1.29, 1.82) is 0 Å². The maximum atomic E-state index is 10.9. The van der Waals surface area contributed by atoms with Crippen LogP contribution in [0.5, 0.6) is 0 Å². The molecule has 0 spiro atoms. The Morgan fingerprint density at radius 3 is 2.67 bits per heavy atom. The summed E-state index contributed by atoms with van der Waals surface area (Å²) in [6, 6.07) is 0. The lowest BCUT2D eigenvalue weighted by Crippen LogP contribution is -2.17. The van der Waals surface area contributed by atoms with Gasteiger partial charge < -0.3 is 5.32 Å². The Balaban J connectivity index is 4.17. The van der Waals surface area contributed by atoms with Crippen molar-refractivity contribution in [3.63, 3.8) is 0 Å². The summed E-state index contributed by atoms with van der Waals surface area (Å²) in [5.74, 6) is 0.00523. The van der Waals surface area contributed by atoms with Crippen LogP contribution >= 0.6 is 0 Å². The number of hydrogen-bond acceptors (Lipinski definition) is 1. The summed E-state index contributed by atoms with van der Waals surface area (Å²) in [6.45, 7) is 5.55. The van der Waals surface area contributed by atoms with Crippen molar-refractivity contribution in [2.45, 2.75) is 13.3 Å². The molecule has 0 unspecified atom stereocenters. The van der Waals surface area contributed by atoms with E-state index in [0.717, 1.165) is 5.57 Å². The lowest BCUT2D eigenvalue weighted by Gasteiger charge is -1.98. The Morgan fingerprint density at radius 2 is 2.25 bits per heavy atom. The molecule has 0 aliphatic rings. The zero-order valence-corrected chi connectivity index (χ0v) is 7.63. The Morgan fingerprint density at radius 1 is 1.58 bits per heavy atom. The molecule has 0 radical (unpaired) electrons. The van der Waals surface area contributed by atoms with Crippen LogP contribution in [-0.2, 0) is 4.79 Å². The molecule has 0 aromatic heterocycles. The van der Waals surface area contributed by atoms with Crippen LogP contribution in [0.4, 0.5) is 0 Å². The van der Waals surface area contributed by atoms with Gasteiger partial charge in [0.15, 0.2) is 0 Å². The highest BCUT2D eigenvalue weighted by Gasteiger charge is 1.98. The molecule has 1 N–H and O–H groups in total. The van der Waals surface area contributed by atoms with Crippen LogP contribution in [0.2, 0.25) is 0 Å². The van der Waals surface area contributed by atoms with E-state index in [1.54, 1.807) is 13.1 Å². The first kappa shape index (κ1) is 10.7. The lowest BCUT2D eigenvalue weighted by molar-refractivity contribution is -0.119. The first-order chi connectivity index (χ1) is 5.74. The monoisotopic (exact) mass is 165 g/mol. The average Bonchev–Trinajstić information content (AvgIpc) is 2.11. The standard InChI is InChI=1S/C10H15NO/c1-4-6-7-9(5-2)8-10(12)11-3/h4-7H,2,8H2,1,3H3,(H,11,12)/b6-4-,9-7+. The zero-order chi connectivity index (χ0) is 9.40. The summed E-state index contributed by atoms with van der Waals surface area (Å²) in [4.78, 5) is 10.9. The van der Waals surface area contributed by atoms with Crippen LogP contribution in [-0.4, -0.2) is 13.0 Å². The number of rotatable bonds is 4. The molecule has 0 aliphatic heterocycles. The van der Waals surface area contributed by atoms with Crippen molar-refractivity contribution in [1.82, 2.24) is 5.32 Å². The molecule has 0 rings (SSSR count). The summed E-state index contributed by atoms with van der Waals surface area (Å²) in [5.41, 5.74) is 0.924. The van der Waals surface area contributed by atoms with Gasteiger partial charge in [-0.25, -0.2) is 0 Å². The molecule has 0 aromatic rings. The molecule has 0 atom stereocenters. The van der Waals surface area contributed by atoms with Crippen LogP contribution in [0, 0.1) is 0 Å². The SMILES string of the molecule is C=C/C(=C\C=C/C)CC(=O)NC. The van der Waals surface area contributed by atoms with Gasteiger partial charge >= 0.3 is 0 Å². The zero-order valence-electron chi connectivity index (χ0n) is 7.63. The fraction of sp³-hybridized carbons (Fsp3) is 0.300. The molecule has 0 saturated carbocycles. The number of carbonyl (C=O) groups excluding carboxylic acids is 1. The molecule has 0 aromatic carbocycles. The van der Waals surface area contributed by atoms with Crippen LogP contribution < -0.4 is 5.32 Å². The van der Waals surface area contributed by atoms with E-state index >= 15 is 0 Å². The van der Waals surface area contributed by atoms with Gasteiger partial charge in [0.25, 0.3) is 0 Å².